The van der Waals surface area contributed by atoms with E-state index in [4.69, 9.17) is 5.11 Å². The SMILES string of the molecule is CCNSC(C)(C)C(=O)O. The summed E-state index contributed by atoms with van der Waals surface area (Å²) in [5.74, 6) is -0.793. The molecule has 60 valence electrons. The molecule has 0 amide bonds. The Morgan fingerprint density at radius 3 is 2.50 bits per heavy atom. The van der Waals surface area contributed by atoms with Crippen molar-refractivity contribution in [3.8, 4) is 0 Å². The first-order valence-electron chi connectivity index (χ1n) is 3.15. The summed E-state index contributed by atoms with van der Waals surface area (Å²) in [4.78, 5) is 10.5. The normalized spacial score (nSPS) is 11.5. The zero-order valence-corrected chi connectivity index (χ0v) is 7.29. The van der Waals surface area contributed by atoms with Gasteiger partial charge in [-0.2, -0.15) is 0 Å². The van der Waals surface area contributed by atoms with Crippen molar-refractivity contribution in [1.29, 1.82) is 0 Å². The number of nitrogens with one attached hydrogen (secondary N) is 1. The molecule has 0 saturated carbocycles. The van der Waals surface area contributed by atoms with E-state index in [1.807, 2.05) is 6.92 Å². The lowest BCUT2D eigenvalue weighted by Crippen LogP contribution is -2.30. The second-order valence-electron chi connectivity index (χ2n) is 2.42. The highest BCUT2D eigenvalue weighted by Crippen LogP contribution is 2.20. The Labute approximate surface area is 65.3 Å². The predicted octanol–water partition coefficient (Wildman–Crippen LogP) is 1.11. The molecule has 0 aliphatic heterocycles. The van der Waals surface area contributed by atoms with Crippen LogP contribution in [0.3, 0.4) is 0 Å². The van der Waals surface area contributed by atoms with E-state index in [1.54, 1.807) is 13.8 Å². The number of carboxylic acids is 1. The summed E-state index contributed by atoms with van der Waals surface area (Å²) in [5, 5.41) is 8.61. The number of aliphatic carboxylic acids is 1. The molecule has 0 fully saturated rings. The lowest BCUT2D eigenvalue weighted by molar-refractivity contribution is -0.138. The molecule has 0 spiro atoms. The van der Waals surface area contributed by atoms with Gasteiger partial charge in [-0.1, -0.05) is 18.9 Å². The van der Waals surface area contributed by atoms with Gasteiger partial charge in [-0.3, -0.25) is 9.52 Å². The average molecular weight is 163 g/mol. The van der Waals surface area contributed by atoms with Crippen LogP contribution in [0.2, 0.25) is 0 Å². The third-order valence-electron chi connectivity index (χ3n) is 0.987. The van der Waals surface area contributed by atoms with Crippen molar-refractivity contribution in [1.82, 2.24) is 4.72 Å². The molecule has 10 heavy (non-hydrogen) atoms. The molecule has 0 rings (SSSR count). The van der Waals surface area contributed by atoms with Gasteiger partial charge in [0.25, 0.3) is 0 Å². The van der Waals surface area contributed by atoms with Crippen molar-refractivity contribution in [2.24, 2.45) is 0 Å². The fraction of sp³-hybridized carbons (Fsp3) is 0.833. The van der Waals surface area contributed by atoms with Crippen molar-refractivity contribution >= 4 is 17.9 Å². The van der Waals surface area contributed by atoms with Gasteiger partial charge in [-0.25, -0.2) is 0 Å². The van der Waals surface area contributed by atoms with Crippen LogP contribution in [-0.4, -0.2) is 22.4 Å². The maximum atomic E-state index is 10.5. The Hall–Kier alpha value is -0.220. The molecular weight excluding hydrogens is 150 g/mol. The highest BCUT2D eigenvalue weighted by Gasteiger charge is 2.27. The first-order valence-corrected chi connectivity index (χ1v) is 3.96. The molecule has 0 saturated heterocycles. The van der Waals surface area contributed by atoms with Crippen molar-refractivity contribution in [2.75, 3.05) is 6.54 Å². The Balaban J connectivity index is 3.75. The van der Waals surface area contributed by atoms with Crippen molar-refractivity contribution in [3.63, 3.8) is 0 Å². The summed E-state index contributed by atoms with van der Waals surface area (Å²) in [7, 11) is 0. The molecule has 4 heteroatoms. The summed E-state index contributed by atoms with van der Waals surface area (Å²) in [6.07, 6.45) is 0. The van der Waals surface area contributed by atoms with Gasteiger partial charge in [0.15, 0.2) is 0 Å². The van der Waals surface area contributed by atoms with Gasteiger partial charge in [0.2, 0.25) is 0 Å². The molecular formula is C6H13NO2S. The summed E-state index contributed by atoms with van der Waals surface area (Å²) >= 11 is 1.24. The fourth-order valence-corrected chi connectivity index (χ4v) is 0.889. The van der Waals surface area contributed by atoms with E-state index >= 15 is 0 Å². The monoisotopic (exact) mass is 163 g/mol. The third kappa shape index (κ3) is 3.08. The zero-order chi connectivity index (χ0) is 8.20. The molecule has 0 radical (unpaired) electrons. The number of carbonyl (C=O) groups is 1. The van der Waals surface area contributed by atoms with Gasteiger partial charge in [0.05, 0.1) is 0 Å². The van der Waals surface area contributed by atoms with E-state index in [9.17, 15) is 4.79 Å². The molecule has 0 aromatic rings. The van der Waals surface area contributed by atoms with E-state index < -0.39 is 10.7 Å². The van der Waals surface area contributed by atoms with Gasteiger partial charge in [0.1, 0.15) is 4.75 Å². The number of carboxylic acid groups (broad SMARTS) is 1. The Morgan fingerprint density at radius 2 is 2.20 bits per heavy atom. The Bertz CT molecular complexity index is 125. The first-order chi connectivity index (χ1) is 4.50. The smallest absolute Gasteiger partial charge is 0.320 e. The Kier molecular flexibility index (Phi) is 3.75. The van der Waals surface area contributed by atoms with Crippen LogP contribution in [-0.2, 0) is 4.79 Å². The highest BCUT2D eigenvalue weighted by molar-refractivity contribution is 7.99. The summed E-state index contributed by atoms with van der Waals surface area (Å²) in [6.45, 7) is 6.05. The minimum atomic E-state index is -0.793. The Morgan fingerprint density at radius 1 is 1.70 bits per heavy atom. The van der Waals surface area contributed by atoms with E-state index in [2.05, 4.69) is 4.72 Å². The second kappa shape index (κ2) is 3.83. The van der Waals surface area contributed by atoms with Crippen LogP contribution < -0.4 is 4.72 Å². The molecule has 0 aromatic carbocycles. The average Bonchev–Trinajstić information content (AvgIpc) is 1.84. The molecule has 0 unspecified atom stereocenters. The lowest BCUT2D eigenvalue weighted by Gasteiger charge is -2.17. The summed E-state index contributed by atoms with van der Waals surface area (Å²) in [6, 6.07) is 0. The minimum absolute atomic E-state index is 0.726. The van der Waals surface area contributed by atoms with Crippen LogP contribution in [0.4, 0.5) is 0 Å². The molecule has 0 aliphatic rings. The largest absolute Gasteiger partial charge is 0.480 e. The van der Waals surface area contributed by atoms with Gasteiger partial charge in [-0.05, 0) is 13.8 Å². The summed E-state index contributed by atoms with van der Waals surface area (Å²) in [5.41, 5.74) is 0. The van der Waals surface area contributed by atoms with Crippen LogP contribution in [0.25, 0.3) is 0 Å². The third-order valence-corrected chi connectivity index (χ3v) is 2.10. The highest BCUT2D eigenvalue weighted by atomic mass is 32.2. The van der Waals surface area contributed by atoms with Gasteiger partial charge >= 0.3 is 5.97 Å². The van der Waals surface area contributed by atoms with Gasteiger partial charge in [-0.15, -0.1) is 0 Å². The van der Waals surface area contributed by atoms with E-state index in [-0.39, 0.29) is 0 Å². The van der Waals surface area contributed by atoms with E-state index in [0.29, 0.717) is 0 Å². The van der Waals surface area contributed by atoms with Gasteiger partial charge < -0.3 is 5.11 Å². The van der Waals surface area contributed by atoms with E-state index in [0.717, 1.165) is 6.54 Å². The standard InChI is InChI=1S/C6H13NO2S/c1-4-7-10-6(2,3)5(8)9/h7H,4H2,1-3H3,(H,8,9). The minimum Gasteiger partial charge on any atom is -0.480 e. The number of hydrogen-bond acceptors (Lipinski definition) is 3. The molecule has 0 heterocycles. The predicted molar refractivity (Wildman–Crippen MR) is 43.0 cm³/mol. The van der Waals surface area contributed by atoms with Crippen LogP contribution >= 0.6 is 11.9 Å². The van der Waals surface area contributed by atoms with Crippen LogP contribution in [0.15, 0.2) is 0 Å². The van der Waals surface area contributed by atoms with Gasteiger partial charge in [0, 0.05) is 6.54 Å². The maximum absolute atomic E-state index is 10.5. The van der Waals surface area contributed by atoms with E-state index in [1.165, 1.54) is 11.9 Å². The molecule has 0 bridgehead atoms. The zero-order valence-electron chi connectivity index (χ0n) is 6.47. The first kappa shape index (κ1) is 9.78. The number of rotatable bonds is 4. The van der Waals surface area contributed by atoms with Crippen LogP contribution in [0.5, 0.6) is 0 Å². The summed E-state index contributed by atoms with van der Waals surface area (Å²) < 4.78 is 2.18. The van der Waals surface area contributed by atoms with Crippen molar-refractivity contribution in [3.05, 3.63) is 0 Å². The second-order valence-corrected chi connectivity index (χ2v) is 3.93. The fourth-order valence-electron chi connectivity index (χ4n) is 0.296. The molecule has 0 aliphatic carbocycles. The quantitative estimate of drug-likeness (QED) is 0.609. The van der Waals surface area contributed by atoms with Crippen molar-refractivity contribution in [2.45, 2.75) is 25.5 Å². The maximum Gasteiger partial charge on any atom is 0.320 e. The molecule has 2 N–H and O–H groups in total. The molecule has 3 nitrogen and oxygen atoms in total. The molecule has 0 atom stereocenters. The molecule has 0 aromatic heterocycles. The van der Waals surface area contributed by atoms with Crippen LogP contribution in [0, 0.1) is 0 Å². The number of hydrogen-bond donors (Lipinski definition) is 2. The van der Waals surface area contributed by atoms with Crippen molar-refractivity contribution < 1.29 is 9.90 Å². The lowest BCUT2D eigenvalue weighted by atomic mass is 10.2. The topological polar surface area (TPSA) is 49.3 Å². The van der Waals surface area contributed by atoms with Crippen LogP contribution in [0.1, 0.15) is 20.8 Å².